The molecule has 3 heterocycles. The monoisotopic (exact) mass is 394 g/mol. The number of aromatic nitrogens is 5. The number of piperidine rings is 1. The van der Waals surface area contributed by atoms with Crippen LogP contribution in [0.4, 0.5) is 0 Å². The molecule has 154 valence electrons. The molecule has 0 radical (unpaired) electrons. The van der Waals surface area contributed by atoms with Crippen LogP contribution in [-0.2, 0) is 5.54 Å². The van der Waals surface area contributed by atoms with Gasteiger partial charge in [-0.3, -0.25) is 9.69 Å². The number of fused-ring (bicyclic) bond motifs is 1. The Morgan fingerprint density at radius 2 is 1.93 bits per heavy atom. The number of H-pyrrole nitrogens is 1. The average Bonchev–Trinajstić information content (AvgIpc) is 3.20. The summed E-state index contributed by atoms with van der Waals surface area (Å²) >= 11 is 0. The minimum Gasteiger partial charge on any atom is -0.322 e. The molecule has 1 aromatic carbocycles. The first kappa shape index (κ1) is 19.8. The van der Waals surface area contributed by atoms with E-state index in [2.05, 4.69) is 58.3 Å². The Kier molecular flexibility index (Phi) is 5.25. The number of hydrogen-bond donors (Lipinski definition) is 1. The van der Waals surface area contributed by atoms with Crippen molar-refractivity contribution >= 4 is 10.9 Å². The first-order valence-electron chi connectivity index (χ1n) is 10.6. The molecule has 1 N–H and O–H groups in total. The highest BCUT2D eigenvalue weighted by Gasteiger charge is 2.34. The van der Waals surface area contributed by atoms with Crippen LogP contribution in [0.15, 0.2) is 29.1 Å². The summed E-state index contributed by atoms with van der Waals surface area (Å²) in [7, 11) is 0. The number of aromatic amines is 1. The fourth-order valence-electron chi connectivity index (χ4n) is 4.16. The zero-order chi connectivity index (χ0) is 20.6. The van der Waals surface area contributed by atoms with Crippen molar-refractivity contribution in [1.29, 1.82) is 0 Å². The minimum absolute atomic E-state index is 0.0671. The van der Waals surface area contributed by atoms with Crippen LogP contribution in [0.25, 0.3) is 10.9 Å². The van der Waals surface area contributed by atoms with Crippen LogP contribution in [0.3, 0.4) is 0 Å². The Morgan fingerprint density at radius 1 is 1.17 bits per heavy atom. The van der Waals surface area contributed by atoms with E-state index in [-0.39, 0.29) is 17.1 Å². The van der Waals surface area contributed by atoms with E-state index < -0.39 is 0 Å². The Morgan fingerprint density at radius 3 is 2.66 bits per heavy atom. The summed E-state index contributed by atoms with van der Waals surface area (Å²) < 4.78 is 1.91. The summed E-state index contributed by atoms with van der Waals surface area (Å²) in [6.45, 7) is 10.3. The van der Waals surface area contributed by atoms with Gasteiger partial charge in [0.15, 0.2) is 5.82 Å². The second kappa shape index (κ2) is 7.71. The quantitative estimate of drug-likeness (QED) is 0.716. The van der Waals surface area contributed by atoms with Crippen LogP contribution in [0.2, 0.25) is 0 Å². The molecule has 1 atom stereocenters. The molecule has 3 aromatic rings. The molecule has 4 rings (SSSR count). The van der Waals surface area contributed by atoms with Gasteiger partial charge < -0.3 is 4.98 Å². The highest BCUT2D eigenvalue weighted by atomic mass is 16.1. The van der Waals surface area contributed by atoms with Crippen LogP contribution >= 0.6 is 0 Å². The van der Waals surface area contributed by atoms with Gasteiger partial charge in [-0.05, 0) is 86.6 Å². The minimum atomic E-state index is -0.259. The first-order valence-corrected chi connectivity index (χ1v) is 10.6. The van der Waals surface area contributed by atoms with Crippen molar-refractivity contribution < 1.29 is 0 Å². The number of nitrogens with zero attached hydrogens (tertiary/aromatic N) is 5. The molecular weight excluding hydrogens is 364 g/mol. The Balaban J connectivity index is 1.90. The zero-order valence-electron chi connectivity index (χ0n) is 17.8. The SMILES string of the molecule is CCC(C)(C)n1nnnc1[C@@H](c1cc2ccc(C)cc2[nH]c1=O)N1CCCCC1. The third kappa shape index (κ3) is 3.71. The van der Waals surface area contributed by atoms with Crippen molar-refractivity contribution in [3.05, 3.63) is 51.6 Å². The van der Waals surface area contributed by atoms with Gasteiger partial charge in [-0.25, -0.2) is 4.68 Å². The van der Waals surface area contributed by atoms with E-state index in [1.807, 2.05) is 23.7 Å². The second-order valence-electron chi connectivity index (χ2n) is 8.76. The van der Waals surface area contributed by atoms with Crippen LogP contribution in [0.1, 0.15) is 69.4 Å². The lowest BCUT2D eigenvalue weighted by molar-refractivity contribution is 0.167. The van der Waals surface area contributed by atoms with Crippen LogP contribution in [0.5, 0.6) is 0 Å². The van der Waals surface area contributed by atoms with Gasteiger partial charge >= 0.3 is 0 Å². The van der Waals surface area contributed by atoms with E-state index in [1.165, 1.54) is 6.42 Å². The number of pyridine rings is 1. The van der Waals surface area contributed by atoms with E-state index >= 15 is 0 Å². The fourth-order valence-corrected chi connectivity index (χ4v) is 4.16. The van der Waals surface area contributed by atoms with E-state index in [4.69, 9.17) is 0 Å². The lowest BCUT2D eigenvalue weighted by atomic mass is 9.97. The lowest BCUT2D eigenvalue weighted by Crippen LogP contribution is -2.40. The molecule has 0 aliphatic carbocycles. The highest BCUT2D eigenvalue weighted by Crippen LogP contribution is 2.32. The van der Waals surface area contributed by atoms with Gasteiger partial charge in [-0.1, -0.05) is 25.5 Å². The maximum absolute atomic E-state index is 13.2. The Labute approximate surface area is 171 Å². The van der Waals surface area contributed by atoms with Crippen LogP contribution < -0.4 is 5.56 Å². The largest absolute Gasteiger partial charge is 0.322 e. The standard InChI is InChI=1S/C22H30N6O/c1-5-22(3,4)28-20(24-25-26-28)19(27-11-7-6-8-12-27)17-14-16-10-9-15(2)13-18(16)23-21(17)29/h9-10,13-14,19H,5-8,11-12H2,1-4H3,(H,23,29)/t19-/m1/s1. The number of rotatable bonds is 5. The number of benzene rings is 1. The van der Waals surface area contributed by atoms with Crippen molar-refractivity contribution in [2.75, 3.05) is 13.1 Å². The Bertz CT molecular complexity index is 1060. The van der Waals surface area contributed by atoms with Crippen LogP contribution in [0, 0.1) is 6.92 Å². The summed E-state index contributed by atoms with van der Waals surface area (Å²) in [5.74, 6) is 0.746. The molecule has 1 saturated heterocycles. The number of nitrogens with one attached hydrogen (secondary N) is 1. The lowest BCUT2D eigenvalue weighted by Gasteiger charge is -2.35. The number of aryl methyl sites for hydroxylation is 1. The van der Waals surface area contributed by atoms with Gasteiger partial charge in [0.1, 0.15) is 6.04 Å². The average molecular weight is 395 g/mol. The molecular formula is C22H30N6O. The van der Waals surface area contributed by atoms with Crippen molar-refractivity contribution in [3.8, 4) is 0 Å². The third-order valence-electron chi connectivity index (χ3n) is 6.26. The summed E-state index contributed by atoms with van der Waals surface area (Å²) in [6, 6.07) is 7.91. The number of likely N-dealkylation sites (tertiary alicyclic amines) is 1. The Hall–Kier alpha value is -2.54. The summed E-state index contributed by atoms with van der Waals surface area (Å²) in [5, 5.41) is 13.8. The van der Waals surface area contributed by atoms with E-state index in [9.17, 15) is 4.79 Å². The van der Waals surface area contributed by atoms with Gasteiger partial charge in [0, 0.05) is 11.1 Å². The molecule has 1 fully saturated rings. The molecule has 0 saturated carbocycles. The van der Waals surface area contributed by atoms with Gasteiger partial charge in [0.25, 0.3) is 5.56 Å². The fraction of sp³-hybridized carbons (Fsp3) is 0.545. The maximum Gasteiger partial charge on any atom is 0.253 e. The van der Waals surface area contributed by atoms with Gasteiger partial charge in [0.05, 0.1) is 5.54 Å². The molecule has 7 nitrogen and oxygen atoms in total. The summed E-state index contributed by atoms with van der Waals surface area (Å²) in [6.07, 6.45) is 4.37. The van der Waals surface area contributed by atoms with Gasteiger partial charge in [-0.2, -0.15) is 0 Å². The topological polar surface area (TPSA) is 79.7 Å². The predicted molar refractivity (Wildman–Crippen MR) is 114 cm³/mol. The van der Waals surface area contributed by atoms with Crippen molar-refractivity contribution in [3.63, 3.8) is 0 Å². The van der Waals surface area contributed by atoms with Crippen molar-refractivity contribution in [1.82, 2.24) is 30.1 Å². The van der Waals surface area contributed by atoms with E-state index in [0.29, 0.717) is 5.56 Å². The normalized spacial score (nSPS) is 17.0. The maximum atomic E-state index is 13.2. The molecule has 7 heteroatoms. The predicted octanol–water partition coefficient (Wildman–Crippen LogP) is 3.54. The third-order valence-corrected chi connectivity index (χ3v) is 6.26. The molecule has 1 aliphatic heterocycles. The number of hydrogen-bond acceptors (Lipinski definition) is 5. The second-order valence-corrected chi connectivity index (χ2v) is 8.76. The molecule has 0 unspecified atom stereocenters. The van der Waals surface area contributed by atoms with E-state index in [1.54, 1.807) is 0 Å². The van der Waals surface area contributed by atoms with Gasteiger partial charge in [-0.15, -0.1) is 5.10 Å². The van der Waals surface area contributed by atoms with Crippen molar-refractivity contribution in [2.24, 2.45) is 0 Å². The number of tetrazole rings is 1. The molecule has 1 aliphatic rings. The van der Waals surface area contributed by atoms with Crippen molar-refractivity contribution in [2.45, 2.75) is 65.0 Å². The highest BCUT2D eigenvalue weighted by molar-refractivity contribution is 5.79. The molecule has 0 spiro atoms. The van der Waals surface area contributed by atoms with E-state index in [0.717, 1.165) is 54.6 Å². The summed E-state index contributed by atoms with van der Waals surface area (Å²) in [5.41, 5.74) is 2.41. The molecule has 2 aromatic heterocycles. The van der Waals surface area contributed by atoms with Crippen LogP contribution in [-0.4, -0.2) is 43.2 Å². The van der Waals surface area contributed by atoms with Gasteiger partial charge in [0.2, 0.25) is 0 Å². The molecule has 0 amide bonds. The smallest absolute Gasteiger partial charge is 0.253 e. The first-order chi connectivity index (χ1) is 13.9. The summed E-state index contributed by atoms with van der Waals surface area (Å²) in [4.78, 5) is 18.7. The zero-order valence-corrected chi connectivity index (χ0v) is 17.8. The molecule has 29 heavy (non-hydrogen) atoms. The molecule has 0 bridgehead atoms.